The summed E-state index contributed by atoms with van der Waals surface area (Å²) < 4.78 is 0. The van der Waals surface area contributed by atoms with Crippen LogP contribution in [0, 0.1) is 0 Å². The Morgan fingerprint density at radius 1 is 1.60 bits per heavy atom. The summed E-state index contributed by atoms with van der Waals surface area (Å²) in [6, 6.07) is 0. The van der Waals surface area contributed by atoms with Crippen LogP contribution in [0.1, 0.15) is 26.7 Å². The monoisotopic (exact) mass is 144 g/mol. The van der Waals surface area contributed by atoms with Gasteiger partial charge in [-0.1, -0.05) is 0 Å². The largest absolute Gasteiger partial charge is 0.359 e. The fourth-order valence-electron chi connectivity index (χ4n) is 0.561. The van der Waals surface area contributed by atoms with Gasteiger partial charge in [0.25, 0.3) is 0 Å². The number of carbonyl (C=O) groups excluding carboxylic acids is 1. The molecule has 0 fully saturated rings. The molecule has 0 saturated heterocycles. The predicted octanol–water partition coefficient (Wildman–Crippen LogP) is 0.250. The van der Waals surface area contributed by atoms with Crippen molar-refractivity contribution in [1.82, 2.24) is 5.32 Å². The molecule has 0 heterocycles. The lowest BCUT2D eigenvalue weighted by molar-refractivity contribution is -0.120. The molecule has 0 spiro atoms. The van der Waals surface area contributed by atoms with Crippen molar-refractivity contribution in [3.8, 4) is 0 Å². The van der Waals surface area contributed by atoms with Crippen LogP contribution < -0.4 is 11.1 Å². The molecule has 0 aromatic heterocycles. The van der Waals surface area contributed by atoms with Crippen molar-refractivity contribution in [1.29, 1.82) is 0 Å². The molecule has 0 bridgehead atoms. The third kappa shape index (κ3) is 5.56. The molecule has 3 N–H and O–H groups in total. The second kappa shape index (κ2) is 3.56. The molecule has 0 rings (SSSR count). The van der Waals surface area contributed by atoms with Crippen molar-refractivity contribution in [3.63, 3.8) is 0 Å². The third-order valence-electron chi connectivity index (χ3n) is 1.28. The number of hydrogen-bond acceptors (Lipinski definition) is 2. The minimum atomic E-state index is -0.230. The Kier molecular flexibility index (Phi) is 3.36. The first-order valence-electron chi connectivity index (χ1n) is 3.45. The molecule has 0 aromatic carbocycles. The van der Waals surface area contributed by atoms with Gasteiger partial charge in [-0.05, 0) is 20.3 Å². The van der Waals surface area contributed by atoms with Gasteiger partial charge in [0.15, 0.2) is 0 Å². The molecule has 60 valence electrons. The van der Waals surface area contributed by atoms with E-state index in [-0.39, 0.29) is 11.4 Å². The van der Waals surface area contributed by atoms with E-state index in [1.807, 2.05) is 13.8 Å². The number of carbonyl (C=O) groups is 1. The molecule has 0 radical (unpaired) electrons. The first-order chi connectivity index (χ1) is 4.45. The highest BCUT2D eigenvalue weighted by atomic mass is 16.1. The van der Waals surface area contributed by atoms with Crippen molar-refractivity contribution in [2.24, 2.45) is 5.73 Å². The van der Waals surface area contributed by atoms with Gasteiger partial charge in [-0.3, -0.25) is 4.79 Å². The highest BCUT2D eigenvalue weighted by Crippen LogP contribution is 2.05. The number of amides is 1. The van der Waals surface area contributed by atoms with E-state index in [2.05, 4.69) is 5.32 Å². The maximum atomic E-state index is 10.7. The first kappa shape index (κ1) is 9.43. The molecule has 3 nitrogen and oxygen atoms in total. The van der Waals surface area contributed by atoms with Crippen molar-refractivity contribution in [3.05, 3.63) is 0 Å². The summed E-state index contributed by atoms with van der Waals surface area (Å²) in [5.74, 6) is 0.0542. The molecule has 0 aliphatic heterocycles. The molecule has 0 aromatic rings. The van der Waals surface area contributed by atoms with Gasteiger partial charge < -0.3 is 11.1 Å². The lowest BCUT2D eigenvalue weighted by atomic mass is 10.00. The normalized spacial score (nSPS) is 11.2. The van der Waals surface area contributed by atoms with Crippen LogP contribution >= 0.6 is 0 Å². The highest BCUT2D eigenvalue weighted by molar-refractivity contribution is 5.75. The second-order valence-corrected chi connectivity index (χ2v) is 3.16. The Morgan fingerprint density at radius 3 is 2.40 bits per heavy atom. The maximum absolute atomic E-state index is 10.7. The summed E-state index contributed by atoms with van der Waals surface area (Å²) in [6.07, 6.45) is 1.24. The van der Waals surface area contributed by atoms with Crippen LogP contribution in [0.3, 0.4) is 0 Å². The van der Waals surface area contributed by atoms with Gasteiger partial charge in [-0.25, -0.2) is 0 Å². The molecular weight excluding hydrogens is 128 g/mol. The molecule has 10 heavy (non-hydrogen) atoms. The summed E-state index contributed by atoms with van der Waals surface area (Å²) in [5.41, 5.74) is 5.43. The van der Waals surface area contributed by atoms with E-state index in [0.717, 1.165) is 6.42 Å². The topological polar surface area (TPSA) is 55.1 Å². The summed E-state index contributed by atoms with van der Waals surface area (Å²) in [4.78, 5) is 10.7. The van der Waals surface area contributed by atoms with Crippen LogP contribution in [-0.2, 0) is 4.79 Å². The third-order valence-corrected chi connectivity index (χ3v) is 1.28. The standard InChI is InChI=1S/C7H16N2O/c1-7(2,8)5-4-6(10)9-3/h4-5,8H2,1-3H3,(H,9,10). The van der Waals surface area contributed by atoms with Crippen LogP contribution in [0.2, 0.25) is 0 Å². The van der Waals surface area contributed by atoms with E-state index in [9.17, 15) is 4.79 Å². The van der Waals surface area contributed by atoms with Gasteiger partial charge in [-0.15, -0.1) is 0 Å². The Balaban J connectivity index is 3.46. The van der Waals surface area contributed by atoms with Gasteiger partial charge >= 0.3 is 0 Å². The van der Waals surface area contributed by atoms with E-state index in [0.29, 0.717) is 6.42 Å². The van der Waals surface area contributed by atoms with Gasteiger partial charge in [-0.2, -0.15) is 0 Å². The first-order valence-corrected chi connectivity index (χ1v) is 3.45. The fourth-order valence-corrected chi connectivity index (χ4v) is 0.561. The minimum absolute atomic E-state index is 0.0542. The van der Waals surface area contributed by atoms with Crippen molar-refractivity contribution < 1.29 is 4.79 Å². The van der Waals surface area contributed by atoms with Crippen LogP contribution in [-0.4, -0.2) is 18.5 Å². The van der Waals surface area contributed by atoms with Crippen LogP contribution in [0.25, 0.3) is 0 Å². The number of nitrogens with one attached hydrogen (secondary N) is 1. The molecule has 3 heteroatoms. The molecule has 0 aliphatic rings. The van der Waals surface area contributed by atoms with E-state index in [4.69, 9.17) is 5.73 Å². The summed E-state index contributed by atoms with van der Waals surface area (Å²) in [6.45, 7) is 3.83. The van der Waals surface area contributed by atoms with Gasteiger partial charge in [0.2, 0.25) is 5.91 Å². The Morgan fingerprint density at radius 2 is 2.10 bits per heavy atom. The minimum Gasteiger partial charge on any atom is -0.359 e. The van der Waals surface area contributed by atoms with Gasteiger partial charge in [0.1, 0.15) is 0 Å². The SMILES string of the molecule is CNC(=O)CCC(C)(C)N. The molecule has 0 atom stereocenters. The van der Waals surface area contributed by atoms with E-state index >= 15 is 0 Å². The predicted molar refractivity (Wildman–Crippen MR) is 41.6 cm³/mol. The van der Waals surface area contributed by atoms with Crippen LogP contribution in [0.4, 0.5) is 0 Å². The van der Waals surface area contributed by atoms with Crippen molar-refractivity contribution >= 4 is 5.91 Å². The smallest absolute Gasteiger partial charge is 0.219 e. The average Bonchev–Trinajstić information content (AvgIpc) is 1.81. The molecule has 0 aliphatic carbocycles. The quantitative estimate of drug-likeness (QED) is 0.596. The lowest BCUT2D eigenvalue weighted by Gasteiger charge is -2.16. The van der Waals surface area contributed by atoms with Crippen LogP contribution in [0.15, 0.2) is 0 Å². The average molecular weight is 144 g/mol. The zero-order valence-corrected chi connectivity index (χ0v) is 6.90. The molecular formula is C7H16N2O. The van der Waals surface area contributed by atoms with Crippen molar-refractivity contribution in [2.75, 3.05) is 7.05 Å². The zero-order valence-electron chi connectivity index (χ0n) is 6.90. The Labute approximate surface area is 62.0 Å². The summed E-state index contributed by atoms with van der Waals surface area (Å²) >= 11 is 0. The van der Waals surface area contributed by atoms with E-state index in [1.54, 1.807) is 7.05 Å². The van der Waals surface area contributed by atoms with Crippen molar-refractivity contribution in [2.45, 2.75) is 32.2 Å². The number of nitrogens with two attached hydrogens (primary N) is 1. The zero-order chi connectivity index (χ0) is 8.20. The molecule has 0 unspecified atom stereocenters. The number of rotatable bonds is 3. The summed E-state index contributed by atoms with van der Waals surface area (Å²) in [5, 5.41) is 2.54. The number of hydrogen-bond donors (Lipinski definition) is 2. The Hall–Kier alpha value is -0.570. The summed E-state index contributed by atoms with van der Waals surface area (Å²) in [7, 11) is 1.63. The fraction of sp³-hybridized carbons (Fsp3) is 0.857. The highest BCUT2D eigenvalue weighted by Gasteiger charge is 2.11. The molecule has 1 amide bonds. The van der Waals surface area contributed by atoms with Gasteiger partial charge in [0, 0.05) is 19.0 Å². The van der Waals surface area contributed by atoms with Crippen LogP contribution in [0.5, 0.6) is 0 Å². The molecule has 0 saturated carbocycles. The van der Waals surface area contributed by atoms with Gasteiger partial charge in [0.05, 0.1) is 0 Å². The van der Waals surface area contributed by atoms with E-state index in [1.165, 1.54) is 0 Å². The Bertz CT molecular complexity index is 115. The maximum Gasteiger partial charge on any atom is 0.219 e. The van der Waals surface area contributed by atoms with E-state index < -0.39 is 0 Å². The lowest BCUT2D eigenvalue weighted by Crippen LogP contribution is -2.33. The second-order valence-electron chi connectivity index (χ2n) is 3.16.